The minimum Gasteiger partial charge on any atom is -0.297 e. The normalized spacial score (nSPS) is 26.1. The number of sulfonamides is 1. The van der Waals surface area contributed by atoms with Crippen LogP contribution in [0.4, 0.5) is 0 Å². The number of fused-ring (bicyclic) bond motifs is 2. The fourth-order valence-electron chi connectivity index (χ4n) is 4.06. The molecule has 0 N–H and O–H groups in total. The Balaban J connectivity index is 1.73. The number of pyridine rings is 1. The van der Waals surface area contributed by atoms with Gasteiger partial charge in [-0.3, -0.25) is 9.58 Å². The average Bonchev–Trinajstić information content (AvgIpc) is 3.10. The van der Waals surface area contributed by atoms with Crippen LogP contribution in [0.5, 0.6) is 0 Å². The molecule has 0 aliphatic carbocycles. The SMILES string of the molecule is Cc1nn(C)c2ncc(S(=O)(=O)N3CC4CCCN4CC3C)cc12. The van der Waals surface area contributed by atoms with Gasteiger partial charge >= 0.3 is 0 Å². The molecule has 0 radical (unpaired) electrons. The molecule has 4 rings (SSSR count). The highest BCUT2D eigenvalue weighted by atomic mass is 32.2. The van der Waals surface area contributed by atoms with Crippen LogP contribution in [0.3, 0.4) is 0 Å². The summed E-state index contributed by atoms with van der Waals surface area (Å²) in [4.78, 5) is 7.03. The first-order valence-corrected chi connectivity index (χ1v) is 9.87. The lowest BCUT2D eigenvalue weighted by Crippen LogP contribution is -2.56. The molecule has 2 aromatic rings. The van der Waals surface area contributed by atoms with E-state index in [1.54, 1.807) is 15.1 Å². The van der Waals surface area contributed by atoms with Crippen LogP contribution >= 0.6 is 0 Å². The number of nitrogens with zero attached hydrogens (tertiary/aromatic N) is 5. The number of hydrogen-bond acceptors (Lipinski definition) is 5. The number of rotatable bonds is 2. The Hall–Kier alpha value is -1.51. The van der Waals surface area contributed by atoms with Crippen LogP contribution in [0.1, 0.15) is 25.5 Å². The Morgan fingerprint density at radius 3 is 2.88 bits per heavy atom. The third-order valence-corrected chi connectivity index (χ3v) is 7.27. The summed E-state index contributed by atoms with van der Waals surface area (Å²) in [5, 5.41) is 5.12. The van der Waals surface area contributed by atoms with Gasteiger partial charge in [-0.2, -0.15) is 9.40 Å². The van der Waals surface area contributed by atoms with Gasteiger partial charge < -0.3 is 0 Å². The van der Waals surface area contributed by atoms with Crippen LogP contribution in [-0.4, -0.2) is 64.1 Å². The zero-order valence-electron chi connectivity index (χ0n) is 14.3. The highest BCUT2D eigenvalue weighted by molar-refractivity contribution is 7.89. The van der Waals surface area contributed by atoms with Gasteiger partial charge in [-0.15, -0.1) is 0 Å². The quantitative estimate of drug-likeness (QED) is 0.813. The van der Waals surface area contributed by atoms with Crippen LogP contribution < -0.4 is 0 Å². The van der Waals surface area contributed by atoms with E-state index in [0.29, 0.717) is 18.2 Å². The van der Waals surface area contributed by atoms with Crippen molar-refractivity contribution in [2.24, 2.45) is 7.05 Å². The summed E-state index contributed by atoms with van der Waals surface area (Å²) in [6, 6.07) is 2.05. The lowest BCUT2D eigenvalue weighted by atomic mass is 10.1. The summed E-state index contributed by atoms with van der Waals surface area (Å²) in [5.41, 5.74) is 1.51. The van der Waals surface area contributed by atoms with Crippen LogP contribution in [0, 0.1) is 6.92 Å². The Labute approximate surface area is 142 Å². The van der Waals surface area contributed by atoms with Gasteiger partial charge in [-0.1, -0.05) is 0 Å². The molecular formula is C16H23N5O2S. The Bertz CT molecular complexity index is 891. The first kappa shape index (κ1) is 16.0. The number of piperazine rings is 1. The molecule has 0 spiro atoms. The predicted molar refractivity (Wildman–Crippen MR) is 91.2 cm³/mol. The molecule has 2 saturated heterocycles. The van der Waals surface area contributed by atoms with Crippen molar-refractivity contribution in [3.8, 4) is 0 Å². The van der Waals surface area contributed by atoms with Gasteiger partial charge in [0.2, 0.25) is 10.0 Å². The zero-order valence-corrected chi connectivity index (χ0v) is 15.1. The molecule has 8 heteroatoms. The monoisotopic (exact) mass is 349 g/mol. The van der Waals surface area contributed by atoms with E-state index in [0.717, 1.165) is 37.0 Å². The van der Waals surface area contributed by atoms with Gasteiger partial charge in [-0.05, 0) is 39.3 Å². The fourth-order valence-corrected chi connectivity index (χ4v) is 5.69. The van der Waals surface area contributed by atoms with Crippen LogP contribution in [0.2, 0.25) is 0 Å². The minimum atomic E-state index is -3.54. The van der Waals surface area contributed by atoms with E-state index >= 15 is 0 Å². The first-order valence-electron chi connectivity index (χ1n) is 8.43. The lowest BCUT2D eigenvalue weighted by Gasteiger charge is -2.41. The molecule has 2 aliphatic heterocycles. The van der Waals surface area contributed by atoms with E-state index in [1.807, 2.05) is 20.9 Å². The summed E-state index contributed by atoms with van der Waals surface area (Å²) in [5.74, 6) is 0. The van der Waals surface area contributed by atoms with Gasteiger partial charge in [0.25, 0.3) is 0 Å². The number of aryl methyl sites for hydroxylation is 2. The predicted octanol–water partition coefficient (Wildman–Crippen LogP) is 1.13. The molecule has 2 aliphatic rings. The van der Waals surface area contributed by atoms with E-state index in [4.69, 9.17) is 0 Å². The molecule has 2 aromatic heterocycles. The van der Waals surface area contributed by atoms with E-state index in [1.165, 1.54) is 6.20 Å². The second kappa shape index (κ2) is 5.50. The summed E-state index contributed by atoms with van der Waals surface area (Å²) in [6.45, 7) is 6.35. The molecule has 24 heavy (non-hydrogen) atoms. The second-order valence-corrected chi connectivity index (χ2v) is 8.86. The van der Waals surface area contributed by atoms with E-state index in [-0.39, 0.29) is 10.9 Å². The molecule has 2 fully saturated rings. The number of aromatic nitrogens is 3. The standard InChI is InChI=1S/C16H23N5O2S/c1-11-9-20-6-4-5-13(20)10-21(11)24(22,23)14-7-15-12(2)18-19(3)16(15)17-8-14/h7-8,11,13H,4-6,9-10H2,1-3H3. The maximum Gasteiger partial charge on any atom is 0.244 e. The van der Waals surface area contributed by atoms with E-state index < -0.39 is 10.0 Å². The topological polar surface area (TPSA) is 71.3 Å². The smallest absolute Gasteiger partial charge is 0.244 e. The summed E-state index contributed by atoms with van der Waals surface area (Å²) in [6.07, 6.45) is 3.71. The number of hydrogen-bond donors (Lipinski definition) is 0. The van der Waals surface area contributed by atoms with Gasteiger partial charge in [0.1, 0.15) is 4.90 Å². The summed E-state index contributed by atoms with van der Waals surface area (Å²) in [7, 11) is -1.72. The van der Waals surface area contributed by atoms with Gasteiger partial charge in [-0.25, -0.2) is 13.4 Å². The molecule has 0 aromatic carbocycles. The van der Waals surface area contributed by atoms with Crippen molar-refractivity contribution in [2.45, 2.75) is 43.7 Å². The third kappa shape index (κ3) is 2.35. The largest absolute Gasteiger partial charge is 0.297 e. The molecule has 7 nitrogen and oxygen atoms in total. The van der Waals surface area contributed by atoms with E-state index in [9.17, 15) is 8.42 Å². The second-order valence-electron chi connectivity index (χ2n) is 6.97. The van der Waals surface area contributed by atoms with Crippen molar-refractivity contribution < 1.29 is 8.42 Å². The minimum absolute atomic E-state index is 0.0185. The van der Waals surface area contributed by atoms with Crippen molar-refractivity contribution >= 4 is 21.1 Å². The zero-order chi connectivity index (χ0) is 17.1. The maximum absolute atomic E-state index is 13.2. The molecule has 2 atom stereocenters. The summed E-state index contributed by atoms with van der Waals surface area (Å²) >= 11 is 0. The van der Waals surface area contributed by atoms with Crippen molar-refractivity contribution in [3.05, 3.63) is 18.0 Å². The lowest BCUT2D eigenvalue weighted by molar-refractivity contribution is 0.117. The van der Waals surface area contributed by atoms with Crippen molar-refractivity contribution in [3.63, 3.8) is 0 Å². The van der Waals surface area contributed by atoms with Crippen LogP contribution in [0.15, 0.2) is 17.2 Å². The molecular weight excluding hydrogens is 326 g/mol. The Kier molecular flexibility index (Phi) is 3.67. The first-order chi connectivity index (χ1) is 11.4. The van der Waals surface area contributed by atoms with Crippen molar-refractivity contribution in [1.29, 1.82) is 0 Å². The van der Waals surface area contributed by atoms with Crippen molar-refractivity contribution in [2.75, 3.05) is 19.6 Å². The molecule has 2 unspecified atom stereocenters. The van der Waals surface area contributed by atoms with Gasteiger partial charge in [0.05, 0.1) is 5.69 Å². The highest BCUT2D eigenvalue weighted by Gasteiger charge is 2.40. The fraction of sp³-hybridized carbons (Fsp3) is 0.625. The van der Waals surface area contributed by atoms with Gasteiger partial charge in [0, 0.05) is 43.8 Å². The Morgan fingerprint density at radius 1 is 1.29 bits per heavy atom. The molecule has 0 saturated carbocycles. The molecule has 130 valence electrons. The maximum atomic E-state index is 13.2. The van der Waals surface area contributed by atoms with Crippen LogP contribution in [-0.2, 0) is 17.1 Å². The molecule has 0 bridgehead atoms. The Morgan fingerprint density at radius 2 is 2.08 bits per heavy atom. The molecule has 4 heterocycles. The molecule has 0 amide bonds. The van der Waals surface area contributed by atoms with Crippen LogP contribution in [0.25, 0.3) is 11.0 Å². The summed E-state index contributed by atoms with van der Waals surface area (Å²) < 4.78 is 29.7. The third-order valence-electron chi connectivity index (χ3n) is 5.32. The van der Waals surface area contributed by atoms with E-state index in [2.05, 4.69) is 15.0 Å². The highest BCUT2D eigenvalue weighted by Crippen LogP contribution is 2.30. The average molecular weight is 349 g/mol. The van der Waals surface area contributed by atoms with Gasteiger partial charge in [0.15, 0.2) is 5.65 Å². The van der Waals surface area contributed by atoms with Crippen molar-refractivity contribution in [1.82, 2.24) is 24.0 Å².